The smallest absolute Gasteiger partial charge is 0.211 e. The van der Waals surface area contributed by atoms with Crippen LogP contribution in [0, 0.1) is 5.92 Å². The normalized spacial score (nSPS) is 21.0. The van der Waals surface area contributed by atoms with Gasteiger partial charge in [-0.05, 0) is 86.0 Å². The molecular formula is C24H31ClN2O3S. The van der Waals surface area contributed by atoms with E-state index >= 15 is 0 Å². The highest BCUT2D eigenvalue weighted by molar-refractivity contribution is 7.89. The lowest BCUT2D eigenvalue weighted by Gasteiger charge is -2.34. The molecule has 2 aliphatic rings. The molecule has 5 nitrogen and oxygen atoms in total. The number of sulfonamides is 1. The third-order valence-corrected chi connectivity index (χ3v) is 8.08. The van der Waals surface area contributed by atoms with Crippen molar-refractivity contribution >= 4 is 21.6 Å². The highest BCUT2D eigenvalue weighted by Crippen LogP contribution is 2.37. The minimum atomic E-state index is -3.19. The van der Waals surface area contributed by atoms with Crippen LogP contribution in [0.25, 0.3) is 0 Å². The van der Waals surface area contributed by atoms with Gasteiger partial charge in [0.2, 0.25) is 10.0 Å². The molecular weight excluding hydrogens is 432 g/mol. The number of rotatable bonds is 10. The Morgan fingerprint density at radius 2 is 1.97 bits per heavy atom. The summed E-state index contributed by atoms with van der Waals surface area (Å²) in [5, 5.41) is 4.25. The highest BCUT2D eigenvalue weighted by atomic mass is 35.5. The van der Waals surface area contributed by atoms with E-state index in [1.165, 1.54) is 16.7 Å². The summed E-state index contributed by atoms with van der Waals surface area (Å²) >= 11 is 6.21. The molecule has 168 valence electrons. The van der Waals surface area contributed by atoms with Crippen LogP contribution in [-0.2, 0) is 22.9 Å². The molecule has 1 fully saturated rings. The van der Waals surface area contributed by atoms with Crippen LogP contribution in [-0.4, -0.2) is 40.4 Å². The van der Waals surface area contributed by atoms with E-state index in [-0.39, 0.29) is 12.3 Å². The molecule has 0 spiro atoms. The molecule has 2 aliphatic carbocycles. The SMILES string of the molecule is CNC1CCc2ccc(OCCNS(=O)(=O)CC3CC3)cc2C1Cc1cccc(Cl)c1. The standard InChI is InChI=1S/C24H31ClN2O3S/c1-26-24-10-8-19-7-9-21(30-12-11-27-31(28,29)16-17-5-6-17)15-22(19)23(24)14-18-3-2-4-20(25)13-18/h2-4,7,9,13,15,17,23-24,26-27H,5-6,8,10-12,14,16H2,1H3. The number of hydrogen-bond donors (Lipinski definition) is 2. The fourth-order valence-corrected chi connectivity index (χ4v) is 6.18. The Kier molecular flexibility index (Phi) is 7.22. The maximum atomic E-state index is 12.0. The summed E-state index contributed by atoms with van der Waals surface area (Å²) in [6.07, 6.45) is 5.09. The quantitative estimate of drug-likeness (QED) is 0.525. The van der Waals surface area contributed by atoms with E-state index in [0.29, 0.717) is 24.5 Å². The summed E-state index contributed by atoms with van der Waals surface area (Å²) in [5.41, 5.74) is 3.88. The molecule has 2 aromatic carbocycles. The number of halogens is 1. The molecule has 2 N–H and O–H groups in total. The van der Waals surface area contributed by atoms with Crippen LogP contribution in [0.4, 0.5) is 0 Å². The van der Waals surface area contributed by atoms with Crippen molar-refractivity contribution in [1.29, 1.82) is 0 Å². The second-order valence-corrected chi connectivity index (χ2v) is 11.0. The Balaban J connectivity index is 1.42. The first-order valence-corrected chi connectivity index (χ1v) is 13.1. The third kappa shape index (κ3) is 6.22. The van der Waals surface area contributed by atoms with Crippen LogP contribution >= 0.6 is 11.6 Å². The van der Waals surface area contributed by atoms with E-state index in [4.69, 9.17) is 16.3 Å². The lowest BCUT2D eigenvalue weighted by Crippen LogP contribution is -2.37. The van der Waals surface area contributed by atoms with E-state index in [2.05, 4.69) is 28.2 Å². The van der Waals surface area contributed by atoms with Crippen LogP contribution in [0.1, 0.15) is 41.9 Å². The van der Waals surface area contributed by atoms with Gasteiger partial charge in [0, 0.05) is 23.5 Å². The van der Waals surface area contributed by atoms with Gasteiger partial charge in [-0.25, -0.2) is 13.1 Å². The first-order valence-electron chi connectivity index (χ1n) is 11.1. The van der Waals surface area contributed by atoms with Crippen molar-refractivity contribution in [2.24, 2.45) is 5.92 Å². The molecule has 0 bridgehead atoms. The molecule has 31 heavy (non-hydrogen) atoms. The van der Waals surface area contributed by atoms with Gasteiger partial charge in [0.05, 0.1) is 5.75 Å². The van der Waals surface area contributed by atoms with Crippen molar-refractivity contribution in [3.8, 4) is 5.75 Å². The monoisotopic (exact) mass is 462 g/mol. The maximum Gasteiger partial charge on any atom is 0.211 e. The summed E-state index contributed by atoms with van der Waals surface area (Å²) in [7, 11) is -1.17. The van der Waals surface area contributed by atoms with Crippen LogP contribution in [0.2, 0.25) is 5.02 Å². The second kappa shape index (κ2) is 9.90. The molecule has 0 heterocycles. The predicted octanol–water partition coefficient (Wildman–Crippen LogP) is 3.91. The molecule has 0 saturated heterocycles. The average Bonchev–Trinajstić information content (AvgIpc) is 3.55. The number of fused-ring (bicyclic) bond motifs is 1. The van der Waals surface area contributed by atoms with E-state index in [9.17, 15) is 8.42 Å². The van der Waals surface area contributed by atoms with E-state index in [1.54, 1.807) is 0 Å². The summed E-state index contributed by atoms with van der Waals surface area (Å²) in [6.45, 7) is 0.605. The van der Waals surface area contributed by atoms with E-state index in [1.807, 2.05) is 31.3 Å². The molecule has 2 aromatic rings. The zero-order chi connectivity index (χ0) is 21.8. The average molecular weight is 463 g/mol. The van der Waals surface area contributed by atoms with Crippen LogP contribution in [0.15, 0.2) is 42.5 Å². The van der Waals surface area contributed by atoms with Crippen LogP contribution in [0.5, 0.6) is 5.75 Å². The van der Waals surface area contributed by atoms with Gasteiger partial charge in [0.1, 0.15) is 12.4 Å². The Labute approximate surface area is 190 Å². The van der Waals surface area contributed by atoms with Gasteiger partial charge in [-0.3, -0.25) is 0 Å². The van der Waals surface area contributed by atoms with Gasteiger partial charge >= 0.3 is 0 Å². The second-order valence-electron chi connectivity index (χ2n) is 8.70. The molecule has 4 rings (SSSR count). The van der Waals surface area contributed by atoms with Crippen molar-refractivity contribution < 1.29 is 13.2 Å². The molecule has 0 radical (unpaired) electrons. The first kappa shape index (κ1) is 22.6. The largest absolute Gasteiger partial charge is 0.492 e. The Hall–Kier alpha value is -1.60. The summed E-state index contributed by atoms with van der Waals surface area (Å²) in [5.74, 6) is 1.69. The molecule has 7 heteroatoms. The molecule has 0 amide bonds. The van der Waals surface area contributed by atoms with Gasteiger partial charge in [-0.15, -0.1) is 0 Å². The lowest BCUT2D eigenvalue weighted by atomic mass is 9.76. The van der Waals surface area contributed by atoms with Crippen molar-refractivity contribution in [2.75, 3.05) is 26.0 Å². The molecule has 2 atom stereocenters. The summed E-state index contributed by atoms with van der Waals surface area (Å²) in [4.78, 5) is 0. The number of nitrogens with one attached hydrogen (secondary N) is 2. The summed E-state index contributed by atoms with van der Waals surface area (Å²) < 4.78 is 32.6. The number of likely N-dealkylation sites (N-methyl/N-ethyl adjacent to an activating group) is 1. The third-order valence-electron chi connectivity index (χ3n) is 6.29. The molecule has 0 aliphatic heterocycles. The fourth-order valence-electron chi connectivity index (χ4n) is 4.50. The first-order chi connectivity index (χ1) is 14.9. The Morgan fingerprint density at radius 3 is 2.71 bits per heavy atom. The Morgan fingerprint density at radius 1 is 1.13 bits per heavy atom. The predicted molar refractivity (Wildman–Crippen MR) is 126 cm³/mol. The number of benzene rings is 2. The van der Waals surface area contributed by atoms with Crippen molar-refractivity contribution in [2.45, 2.75) is 44.1 Å². The Bertz CT molecular complexity index is 1010. The number of aryl methyl sites for hydroxylation is 1. The van der Waals surface area contributed by atoms with Crippen molar-refractivity contribution in [3.63, 3.8) is 0 Å². The lowest BCUT2D eigenvalue weighted by molar-refractivity contribution is 0.320. The van der Waals surface area contributed by atoms with Crippen LogP contribution < -0.4 is 14.8 Å². The van der Waals surface area contributed by atoms with Gasteiger partial charge in [0.15, 0.2) is 0 Å². The van der Waals surface area contributed by atoms with E-state index < -0.39 is 10.0 Å². The van der Waals surface area contributed by atoms with Gasteiger partial charge in [0.25, 0.3) is 0 Å². The zero-order valence-corrected chi connectivity index (χ0v) is 19.5. The maximum absolute atomic E-state index is 12.0. The van der Waals surface area contributed by atoms with Crippen molar-refractivity contribution in [3.05, 3.63) is 64.2 Å². The summed E-state index contributed by atoms with van der Waals surface area (Å²) in [6, 6.07) is 14.7. The van der Waals surface area contributed by atoms with Gasteiger partial charge < -0.3 is 10.1 Å². The molecule has 2 unspecified atom stereocenters. The van der Waals surface area contributed by atoms with E-state index in [0.717, 1.165) is 42.9 Å². The molecule has 1 saturated carbocycles. The van der Waals surface area contributed by atoms with Gasteiger partial charge in [-0.1, -0.05) is 29.8 Å². The molecule has 0 aromatic heterocycles. The minimum Gasteiger partial charge on any atom is -0.492 e. The number of hydrogen-bond acceptors (Lipinski definition) is 4. The van der Waals surface area contributed by atoms with Crippen LogP contribution in [0.3, 0.4) is 0 Å². The topological polar surface area (TPSA) is 67.4 Å². The highest BCUT2D eigenvalue weighted by Gasteiger charge is 2.29. The van der Waals surface area contributed by atoms with Crippen molar-refractivity contribution in [1.82, 2.24) is 10.0 Å². The zero-order valence-electron chi connectivity index (χ0n) is 17.9. The fraction of sp³-hybridized carbons (Fsp3) is 0.500. The minimum absolute atomic E-state index is 0.239. The van der Waals surface area contributed by atoms with Gasteiger partial charge in [-0.2, -0.15) is 0 Å². The number of ether oxygens (including phenoxy) is 1.